The van der Waals surface area contributed by atoms with E-state index in [1.807, 2.05) is 0 Å². The van der Waals surface area contributed by atoms with Gasteiger partial charge >= 0.3 is 0 Å². The SMILES string of the molecule is O=C(Cn1cnc2ccc([N+](=O)[O-])cc2c1=O)Nc1ccc(F)cc1. The molecule has 8 nitrogen and oxygen atoms in total. The summed E-state index contributed by atoms with van der Waals surface area (Å²) in [7, 11) is 0. The number of carbonyl (C=O) groups excluding carboxylic acids is 1. The summed E-state index contributed by atoms with van der Waals surface area (Å²) in [5, 5.41) is 13.4. The van der Waals surface area contributed by atoms with Crippen LogP contribution in [0.4, 0.5) is 15.8 Å². The minimum atomic E-state index is -0.614. The maximum Gasteiger partial charge on any atom is 0.270 e. The number of hydrogen-bond acceptors (Lipinski definition) is 5. The Morgan fingerprint density at radius 2 is 1.96 bits per heavy atom. The van der Waals surface area contributed by atoms with Gasteiger partial charge in [0.15, 0.2) is 0 Å². The molecular weight excluding hydrogens is 331 g/mol. The molecule has 0 spiro atoms. The largest absolute Gasteiger partial charge is 0.325 e. The van der Waals surface area contributed by atoms with E-state index in [0.717, 1.165) is 10.6 Å². The predicted octanol–water partition coefficient (Wildman–Crippen LogP) is 2.08. The van der Waals surface area contributed by atoms with Gasteiger partial charge in [0.2, 0.25) is 5.91 Å². The molecule has 0 unspecified atom stereocenters. The summed E-state index contributed by atoms with van der Waals surface area (Å²) in [6, 6.07) is 8.91. The van der Waals surface area contributed by atoms with Crippen molar-refractivity contribution in [3.63, 3.8) is 0 Å². The molecule has 3 rings (SSSR count). The summed E-state index contributed by atoms with van der Waals surface area (Å²) in [6.07, 6.45) is 1.20. The fraction of sp³-hybridized carbons (Fsp3) is 0.0625. The summed E-state index contributed by atoms with van der Waals surface area (Å²) < 4.78 is 13.9. The number of carbonyl (C=O) groups is 1. The summed E-state index contributed by atoms with van der Waals surface area (Å²) >= 11 is 0. The number of benzene rings is 2. The maximum absolute atomic E-state index is 12.8. The van der Waals surface area contributed by atoms with E-state index in [4.69, 9.17) is 0 Å². The van der Waals surface area contributed by atoms with Crippen molar-refractivity contribution < 1.29 is 14.1 Å². The zero-order valence-electron chi connectivity index (χ0n) is 12.7. The maximum atomic E-state index is 12.8. The van der Waals surface area contributed by atoms with Crippen molar-refractivity contribution in [1.82, 2.24) is 9.55 Å². The number of hydrogen-bond donors (Lipinski definition) is 1. The molecule has 0 atom stereocenters. The van der Waals surface area contributed by atoms with Crippen LogP contribution in [0.25, 0.3) is 10.9 Å². The molecule has 0 aliphatic rings. The van der Waals surface area contributed by atoms with Crippen LogP contribution < -0.4 is 10.9 Å². The van der Waals surface area contributed by atoms with Gasteiger partial charge in [-0.15, -0.1) is 0 Å². The zero-order chi connectivity index (χ0) is 18.0. The van der Waals surface area contributed by atoms with E-state index in [-0.39, 0.29) is 17.6 Å². The second-order valence-electron chi connectivity index (χ2n) is 5.19. The van der Waals surface area contributed by atoms with Crippen molar-refractivity contribution in [2.24, 2.45) is 0 Å². The highest BCUT2D eigenvalue weighted by molar-refractivity contribution is 5.90. The first-order valence-electron chi connectivity index (χ1n) is 7.13. The van der Waals surface area contributed by atoms with Gasteiger partial charge in [0.05, 0.1) is 22.2 Å². The standard InChI is InChI=1S/C16H11FN4O4/c17-10-1-3-11(4-2-10)19-15(22)8-20-9-18-14-6-5-12(21(24)25)7-13(14)16(20)23/h1-7,9H,8H2,(H,19,22). The number of amides is 1. The van der Waals surface area contributed by atoms with Crippen molar-refractivity contribution in [3.8, 4) is 0 Å². The van der Waals surface area contributed by atoms with Crippen molar-refractivity contribution >= 4 is 28.2 Å². The highest BCUT2D eigenvalue weighted by atomic mass is 19.1. The molecule has 25 heavy (non-hydrogen) atoms. The van der Waals surface area contributed by atoms with Crippen LogP contribution in [-0.4, -0.2) is 20.4 Å². The lowest BCUT2D eigenvalue weighted by molar-refractivity contribution is -0.384. The number of rotatable bonds is 4. The summed E-state index contributed by atoms with van der Waals surface area (Å²) in [6.45, 7) is -0.332. The van der Waals surface area contributed by atoms with E-state index in [2.05, 4.69) is 10.3 Å². The smallest absolute Gasteiger partial charge is 0.270 e. The third-order valence-corrected chi connectivity index (χ3v) is 3.46. The summed E-state index contributed by atoms with van der Waals surface area (Å²) in [5.74, 6) is -0.949. The van der Waals surface area contributed by atoms with Crippen molar-refractivity contribution in [3.05, 3.63) is 75.1 Å². The Hall–Kier alpha value is -3.62. The van der Waals surface area contributed by atoms with Gasteiger partial charge in [-0.25, -0.2) is 9.37 Å². The fourth-order valence-corrected chi connectivity index (χ4v) is 2.26. The molecule has 0 radical (unpaired) electrons. The van der Waals surface area contributed by atoms with E-state index in [0.29, 0.717) is 11.2 Å². The Labute approximate surface area is 139 Å². The van der Waals surface area contributed by atoms with E-state index in [9.17, 15) is 24.1 Å². The number of non-ortho nitro benzene ring substituents is 1. The Bertz CT molecular complexity index is 1030. The highest BCUT2D eigenvalue weighted by Gasteiger charge is 2.12. The third-order valence-electron chi connectivity index (χ3n) is 3.46. The average Bonchev–Trinajstić information content (AvgIpc) is 2.59. The number of aromatic nitrogens is 2. The van der Waals surface area contributed by atoms with Gasteiger partial charge in [-0.05, 0) is 30.3 Å². The van der Waals surface area contributed by atoms with Gasteiger partial charge in [0.1, 0.15) is 12.4 Å². The molecule has 0 fully saturated rings. The molecule has 0 aliphatic carbocycles. The third kappa shape index (κ3) is 3.50. The van der Waals surface area contributed by atoms with Crippen LogP contribution >= 0.6 is 0 Å². The molecule has 1 amide bonds. The normalized spacial score (nSPS) is 10.6. The van der Waals surface area contributed by atoms with Gasteiger partial charge in [-0.1, -0.05) is 0 Å². The van der Waals surface area contributed by atoms with Crippen LogP contribution in [0.1, 0.15) is 0 Å². The van der Waals surface area contributed by atoms with Crippen LogP contribution in [0, 0.1) is 15.9 Å². The summed E-state index contributed by atoms with van der Waals surface area (Å²) in [4.78, 5) is 38.7. The quantitative estimate of drug-likeness (QED) is 0.577. The van der Waals surface area contributed by atoms with Crippen molar-refractivity contribution in [2.75, 3.05) is 5.32 Å². The van der Waals surface area contributed by atoms with Gasteiger partial charge in [0.25, 0.3) is 11.2 Å². The number of fused-ring (bicyclic) bond motifs is 1. The minimum absolute atomic E-state index is 0.0475. The molecule has 0 saturated heterocycles. The lowest BCUT2D eigenvalue weighted by atomic mass is 10.2. The van der Waals surface area contributed by atoms with Gasteiger partial charge < -0.3 is 5.32 Å². The molecule has 1 heterocycles. The van der Waals surface area contributed by atoms with E-state index in [1.54, 1.807) is 0 Å². The van der Waals surface area contributed by atoms with E-state index < -0.39 is 22.2 Å². The summed E-state index contributed by atoms with van der Waals surface area (Å²) in [5.41, 5.74) is -0.127. The molecular formula is C16H11FN4O4. The number of nitrogens with one attached hydrogen (secondary N) is 1. The van der Waals surface area contributed by atoms with Crippen LogP contribution in [0.3, 0.4) is 0 Å². The molecule has 2 aromatic carbocycles. The first-order chi connectivity index (χ1) is 11.9. The number of nitrogens with zero attached hydrogens (tertiary/aromatic N) is 3. The molecule has 9 heteroatoms. The lowest BCUT2D eigenvalue weighted by Gasteiger charge is -2.08. The monoisotopic (exact) mass is 342 g/mol. The Kier molecular flexibility index (Phi) is 4.21. The Balaban J connectivity index is 1.86. The number of halogens is 1. The molecule has 3 aromatic rings. The molecule has 0 aliphatic heterocycles. The van der Waals surface area contributed by atoms with Crippen LogP contribution in [0.5, 0.6) is 0 Å². The predicted molar refractivity (Wildman–Crippen MR) is 87.7 cm³/mol. The number of anilines is 1. The van der Waals surface area contributed by atoms with Crippen molar-refractivity contribution in [1.29, 1.82) is 0 Å². The van der Waals surface area contributed by atoms with E-state index >= 15 is 0 Å². The Morgan fingerprint density at radius 1 is 1.24 bits per heavy atom. The first kappa shape index (κ1) is 16.2. The van der Waals surface area contributed by atoms with Crippen molar-refractivity contribution in [2.45, 2.75) is 6.54 Å². The van der Waals surface area contributed by atoms with Gasteiger partial charge in [-0.2, -0.15) is 0 Å². The lowest BCUT2D eigenvalue weighted by Crippen LogP contribution is -2.27. The second-order valence-corrected chi connectivity index (χ2v) is 5.19. The van der Waals surface area contributed by atoms with Gasteiger partial charge in [0, 0.05) is 17.8 Å². The molecule has 0 bridgehead atoms. The molecule has 126 valence electrons. The minimum Gasteiger partial charge on any atom is -0.325 e. The van der Waals surface area contributed by atoms with E-state index in [1.165, 1.54) is 42.7 Å². The van der Waals surface area contributed by atoms with Crippen LogP contribution in [0.15, 0.2) is 53.6 Å². The van der Waals surface area contributed by atoms with Gasteiger partial charge in [-0.3, -0.25) is 24.3 Å². The van der Waals surface area contributed by atoms with Crippen LogP contribution in [0.2, 0.25) is 0 Å². The zero-order valence-corrected chi connectivity index (χ0v) is 12.7. The molecule has 1 aromatic heterocycles. The Morgan fingerprint density at radius 3 is 2.64 bits per heavy atom. The molecule has 0 saturated carbocycles. The highest BCUT2D eigenvalue weighted by Crippen LogP contribution is 2.16. The van der Waals surface area contributed by atoms with Crippen LogP contribution in [-0.2, 0) is 11.3 Å². The number of nitro groups is 1. The second kappa shape index (κ2) is 6.48. The fourth-order valence-electron chi connectivity index (χ4n) is 2.26. The first-order valence-corrected chi connectivity index (χ1v) is 7.13. The number of nitro benzene ring substituents is 1. The average molecular weight is 342 g/mol. The topological polar surface area (TPSA) is 107 Å². The molecule has 1 N–H and O–H groups in total.